The number of hydrogen-bond donors (Lipinski definition) is 3. The number of aromatic hydroxyl groups is 1. The molecular formula is C10H17ClN2O. The van der Waals surface area contributed by atoms with E-state index in [2.05, 4.69) is 0 Å². The Hall–Kier alpha value is -0.770. The number of hydrogen-bond acceptors (Lipinski definition) is 3. The fraction of sp³-hybridized carbons (Fsp3) is 0.400. The van der Waals surface area contributed by atoms with Gasteiger partial charge in [0.25, 0.3) is 0 Å². The highest BCUT2D eigenvalue weighted by atomic mass is 35.5. The number of rotatable bonds is 3. The normalized spacial score (nSPS) is 11.9. The molecule has 1 atom stereocenters. The fourth-order valence-corrected chi connectivity index (χ4v) is 1.31. The van der Waals surface area contributed by atoms with Crippen LogP contribution >= 0.6 is 12.4 Å². The lowest BCUT2D eigenvalue weighted by atomic mass is 10.0. The second kappa shape index (κ2) is 5.86. The number of halogens is 1. The standard InChI is InChI=1S/C10H16N2O.ClH/c1-7-2-3-10(13)8(6-7)9(12)4-5-11;/h2-3,6,9,13H,4-5,11-12H2,1H3;1H/t9-;/m1./s1. The number of phenolic OH excluding ortho intramolecular Hbond substituents is 1. The van der Waals surface area contributed by atoms with Crippen LogP contribution in [0.2, 0.25) is 0 Å². The maximum atomic E-state index is 9.51. The third-order valence-corrected chi connectivity index (χ3v) is 2.06. The molecule has 5 N–H and O–H groups in total. The van der Waals surface area contributed by atoms with Crippen molar-refractivity contribution in [1.29, 1.82) is 0 Å². The van der Waals surface area contributed by atoms with Gasteiger partial charge in [-0.3, -0.25) is 0 Å². The van der Waals surface area contributed by atoms with Crippen molar-refractivity contribution in [3.63, 3.8) is 0 Å². The van der Waals surface area contributed by atoms with Crippen LogP contribution in [0, 0.1) is 6.92 Å². The van der Waals surface area contributed by atoms with Crippen molar-refractivity contribution in [2.45, 2.75) is 19.4 Å². The SMILES string of the molecule is Cc1ccc(O)c([C@H](N)CCN)c1.Cl. The van der Waals surface area contributed by atoms with Gasteiger partial charge in [-0.25, -0.2) is 0 Å². The van der Waals surface area contributed by atoms with Crippen molar-refractivity contribution in [2.75, 3.05) is 6.54 Å². The van der Waals surface area contributed by atoms with Crippen molar-refractivity contribution in [1.82, 2.24) is 0 Å². The van der Waals surface area contributed by atoms with Crippen molar-refractivity contribution in [3.05, 3.63) is 29.3 Å². The first-order chi connectivity index (χ1) is 6.15. The molecule has 0 aliphatic carbocycles. The van der Waals surface area contributed by atoms with Gasteiger partial charge in [0.15, 0.2) is 0 Å². The molecule has 0 saturated carbocycles. The van der Waals surface area contributed by atoms with E-state index in [1.165, 1.54) is 0 Å². The Morgan fingerprint density at radius 1 is 1.43 bits per heavy atom. The maximum Gasteiger partial charge on any atom is 0.120 e. The second-order valence-electron chi connectivity index (χ2n) is 3.25. The van der Waals surface area contributed by atoms with Crippen molar-refractivity contribution >= 4 is 12.4 Å². The largest absolute Gasteiger partial charge is 0.508 e. The summed E-state index contributed by atoms with van der Waals surface area (Å²) in [6, 6.07) is 5.26. The first-order valence-electron chi connectivity index (χ1n) is 4.40. The van der Waals surface area contributed by atoms with Crippen LogP contribution in [0.15, 0.2) is 18.2 Å². The van der Waals surface area contributed by atoms with Crippen LogP contribution in [0.25, 0.3) is 0 Å². The smallest absolute Gasteiger partial charge is 0.120 e. The molecule has 0 amide bonds. The summed E-state index contributed by atoms with van der Waals surface area (Å²) >= 11 is 0. The van der Waals surface area contributed by atoms with Crippen LogP contribution in [-0.4, -0.2) is 11.7 Å². The van der Waals surface area contributed by atoms with E-state index in [1.54, 1.807) is 6.07 Å². The van der Waals surface area contributed by atoms with E-state index in [0.717, 1.165) is 11.1 Å². The molecule has 1 aromatic carbocycles. The first-order valence-corrected chi connectivity index (χ1v) is 4.40. The average Bonchev–Trinajstić information content (AvgIpc) is 2.09. The summed E-state index contributed by atoms with van der Waals surface area (Å²) < 4.78 is 0. The first kappa shape index (κ1) is 13.2. The Bertz CT molecular complexity index is 291. The highest BCUT2D eigenvalue weighted by molar-refractivity contribution is 5.85. The summed E-state index contributed by atoms with van der Waals surface area (Å²) in [6.45, 7) is 2.51. The minimum atomic E-state index is -0.162. The van der Waals surface area contributed by atoms with Gasteiger partial charge in [-0.1, -0.05) is 17.7 Å². The zero-order chi connectivity index (χ0) is 9.84. The minimum absolute atomic E-state index is 0. The molecule has 0 saturated heterocycles. The van der Waals surface area contributed by atoms with Crippen LogP contribution in [0.5, 0.6) is 5.75 Å². The van der Waals surface area contributed by atoms with E-state index >= 15 is 0 Å². The number of nitrogens with two attached hydrogens (primary N) is 2. The third kappa shape index (κ3) is 3.18. The molecule has 0 radical (unpaired) electrons. The zero-order valence-corrected chi connectivity index (χ0v) is 9.05. The lowest BCUT2D eigenvalue weighted by Crippen LogP contribution is -2.15. The molecule has 0 aliphatic heterocycles. The van der Waals surface area contributed by atoms with E-state index in [0.29, 0.717) is 13.0 Å². The molecule has 0 bridgehead atoms. The third-order valence-electron chi connectivity index (χ3n) is 2.06. The summed E-state index contributed by atoms with van der Waals surface area (Å²) in [7, 11) is 0. The molecule has 4 heteroatoms. The van der Waals surface area contributed by atoms with Crippen LogP contribution in [0.4, 0.5) is 0 Å². The van der Waals surface area contributed by atoms with Gasteiger partial charge in [0.1, 0.15) is 5.75 Å². The van der Waals surface area contributed by atoms with Crippen molar-refractivity contribution in [2.24, 2.45) is 11.5 Å². The van der Waals surface area contributed by atoms with E-state index in [9.17, 15) is 5.11 Å². The predicted octanol–water partition coefficient (Wildman–Crippen LogP) is 1.47. The molecule has 3 nitrogen and oxygen atoms in total. The quantitative estimate of drug-likeness (QED) is 0.717. The van der Waals surface area contributed by atoms with Gasteiger partial charge in [0, 0.05) is 11.6 Å². The summed E-state index contributed by atoms with van der Waals surface area (Å²) in [5, 5.41) is 9.51. The molecule has 14 heavy (non-hydrogen) atoms. The Morgan fingerprint density at radius 3 is 2.64 bits per heavy atom. The maximum absolute atomic E-state index is 9.51. The zero-order valence-electron chi connectivity index (χ0n) is 8.23. The Kier molecular flexibility index (Phi) is 5.53. The summed E-state index contributed by atoms with van der Waals surface area (Å²) in [4.78, 5) is 0. The minimum Gasteiger partial charge on any atom is -0.508 e. The lowest BCUT2D eigenvalue weighted by molar-refractivity contribution is 0.459. The summed E-state index contributed by atoms with van der Waals surface area (Å²) in [5.74, 6) is 0.256. The molecule has 0 spiro atoms. The molecule has 0 aromatic heterocycles. The molecule has 0 unspecified atom stereocenters. The van der Waals surface area contributed by atoms with Crippen molar-refractivity contribution in [3.8, 4) is 5.75 Å². The van der Waals surface area contributed by atoms with Crippen LogP contribution in [-0.2, 0) is 0 Å². The molecule has 1 rings (SSSR count). The second-order valence-corrected chi connectivity index (χ2v) is 3.25. The topological polar surface area (TPSA) is 72.3 Å². The van der Waals surface area contributed by atoms with Crippen LogP contribution < -0.4 is 11.5 Å². The average molecular weight is 217 g/mol. The lowest BCUT2D eigenvalue weighted by Gasteiger charge is -2.12. The van der Waals surface area contributed by atoms with E-state index in [-0.39, 0.29) is 24.2 Å². The molecule has 0 aliphatic rings. The summed E-state index contributed by atoms with van der Waals surface area (Å²) in [5.41, 5.74) is 13.1. The van der Waals surface area contributed by atoms with E-state index < -0.39 is 0 Å². The van der Waals surface area contributed by atoms with Gasteiger partial charge in [0.05, 0.1) is 0 Å². The van der Waals surface area contributed by atoms with Gasteiger partial charge in [0.2, 0.25) is 0 Å². The Balaban J connectivity index is 0.00000169. The highest BCUT2D eigenvalue weighted by Crippen LogP contribution is 2.25. The van der Waals surface area contributed by atoms with Gasteiger partial charge >= 0.3 is 0 Å². The van der Waals surface area contributed by atoms with Crippen molar-refractivity contribution < 1.29 is 5.11 Å². The van der Waals surface area contributed by atoms with Gasteiger partial charge in [-0.15, -0.1) is 12.4 Å². The Morgan fingerprint density at radius 2 is 2.07 bits per heavy atom. The van der Waals surface area contributed by atoms with Gasteiger partial charge in [-0.2, -0.15) is 0 Å². The van der Waals surface area contributed by atoms with Gasteiger partial charge in [-0.05, 0) is 26.0 Å². The molecule has 0 heterocycles. The fourth-order valence-electron chi connectivity index (χ4n) is 1.31. The van der Waals surface area contributed by atoms with Crippen LogP contribution in [0.3, 0.4) is 0 Å². The number of benzene rings is 1. The number of phenols is 1. The predicted molar refractivity (Wildman–Crippen MR) is 60.7 cm³/mol. The highest BCUT2D eigenvalue weighted by Gasteiger charge is 2.09. The molecule has 80 valence electrons. The molecular weight excluding hydrogens is 200 g/mol. The van der Waals surface area contributed by atoms with E-state index in [4.69, 9.17) is 11.5 Å². The van der Waals surface area contributed by atoms with Crippen LogP contribution in [0.1, 0.15) is 23.6 Å². The molecule has 1 aromatic rings. The Labute approximate surface area is 90.5 Å². The molecule has 0 fully saturated rings. The van der Waals surface area contributed by atoms with Gasteiger partial charge < -0.3 is 16.6 Å². The summed E-state index contributed by atoms with van der Waals surface area (Å²) in [6.07, 6.45) is 0.691. The van der Waals surface area contributed by atoms with E-state index in [1.807, 2.05) is 19.1 Å². The number of aryl methyl sites for hydroxylation is 1. The monoisotopic (exact) mass is 216 g/mol.